The van der Waals surface area contributed by atoms with Crippen molar-refractivity contribution in [1.29, 1.82) is 0 Å². The topological polar surface area (TPSA) is 66.0 Å². The van der Waals surface area contributed by atoms with Gasteiger partial charge in [0.25, 0.3) is 0 Å². The minimum atomic E-state index is -0.978. The third-order valence-electron chi connectivity index (χ3n) is 7.28. The second-order valence-electron chi connectivity index (χ2n) is 11.6. The van der Waals surface area contributed by atoms with Gasteiger partial charge in [0.1, 0.15) is 17.2 Å². The Labute approximate surface area is 235 Å². The Hall–Kier alpha value is -3.27. The summed E-state index contributed by atoms with van der Waals surface area (Å²) < 4.78 is 54.2. The largest absolute Gasteiger partial charge is 0.495 e. The predicted molar refractivity (Wildman–Crippen MR) is 152 cm³/mol. The quantitative estimate of drug-likeness (QED) is 0.312. The van der Waals surface area contributed by atoms with Gasteiger partial charge in [-0.3, -0.25) is 5.32 Å². The van der Waals surface area contributed by atoms with E-state index in [9.17, 15) is 9.18 Å². The lowest BCUT2D eigenvalue weighted by Gasteiger charge is -2.32. The molecule has 0 radical (unpaired) electrons. The first kappa shape index (κ1) is 29.7. The van der Waals surface area contributed by atoms with Crippen molar-refractivity contribution >= 4 is 24.4 Å². The lowest BCUT2D eigenvalue weighted by molar-refractivity contribution is -0.0335. The van der Waals surface area contributed by atoms with E-state index in [0.29, 0.717) is 17.6 Å². The number of carbonyl (C=O) groups excluding carboxylic acids is 1. The molecule has 0 spiro atoms. The van der Waals surface area contributed by atoms with E-state index in [-0.39, 0.29) is 24.3 Å². The van der Waals surface area contributed by atoms with Crippen LogP contribution in [0.5, 0.6) is 0 Å². The number of hydrogen-bond acceptors (Lipinski definition) is 5. The van der Waals surface area contributed by atoms with Gasteiger partial charge in [-0.25, -0.2) is 13.6 Å². The van der Waals surface area contributed by atoms with Gasteiger partial charge in [0.2, 0.25) is 0 Å². The van der Waals surface area contributed by atoms with Crippen molar-refractivity contribution < 1.29 is 32.4 Å². The van der Waals surface area contributed by atoms with Gasteiger partial charge in [-0.05, 0) is 75.8 Å². The molecule has 1 aliphatic rings. The molecule has 40 heavy (non-hydrogen) atoms. The summed E-state index contributed by atoms with van der Waals surface area (Å²) in [7, 11) is -0.872. The van der Waals surface area contributed by atoms with Gasteiger partial charge in [-0.1, -0.05) is 54.6 Å². The highest BCUT2D eigenvalue weighted by Crippen LogP contribution is 2.37. The van der Waals surface area contributed by atoms with Crippen molar-refractivity contribution in [1.82, 2.24) is 0 Å². The van der Waals surface area contributed by atoms with Crippen LogP contribution in [0.1, 0.15) is 58.2 Å². The number of hydrogen-bond donors (Lipinski definition) is 1. The molecule has 4 rings (SSSR count). The number of amides is 1. The van der Waals surface area contributed by atoms with Crippen molar-refractivity contribution in [2.24, 2.45) is 0 Å². The Morgan fingerprint density at radius 3 is 2.20 bits per heavy atom. The molecular weight excluding hydrogens is 515 g/mol. The van der Waals surface area contributed by atoms with Crippen LogP contribution in [-0.2, 0) is 31.8 Å². The third-order valence-corrected chi connectivity index (χ3v) is 7.28. The lowest BCUT2D eigenvalue weighted by Crippen LogP contribution is -2.41. The SMILES string of the molecule is CC(C)(COCc1ccccc1)OC(=O)Nc1ccc(B2OC(C)(C)C(C)(C)O2)c(Cc2ccccc2F)c1F. The molecule has 1 amide bonds. The van der Waals surface area contributed by atoms with E-state index in [2.05, 4.69) is 5.32 Å². The van der Waals surface area contributed by atoms with Gasteiger partial charge in [0.05, 0.1) is 30.1 Å². The number of benzene rings is 3. The molecule has 1 heterocycles. The molecule has 0 aliphatic carbocycles. The number of nitrogens with one attached hydrogen (secondary N) is 1. The molecule has 3 aromatic carbocycles. The second kappa shape index (κ2) is 11.7. The molecule has 0 saturated carbocycles. The maximum atomic E-state index is 16.0. The normalized spacial score (nSPS) is 16.1. The summed E-state index contributed by atoms with van der Waals surface area (Å²) >= 11 is 0. The summed E-state index contributed by atoms with van der Waals surface area (Å²) in [4.78, 5) is 12.8. The lowest BCUT2D eigenvalue weighted by atomic mass is 9.74. The van der Waals surface area contributed by atoms with Crippen LogP contribution in [0.3, 0.4) is 0 Å². The highest BCUT2D eigenvalue weighted by Gasteiger charge is 2.52. The van der Waals surface area contributed by atoms with Gasteiger partial charge in [0.15, 0.2) is 0 Å². The van der Waals surface area contributed by atoms with Crippen LogP contribution in [0.15, 0.2) is 66.7 Å². The molecule has 3 aromatic rings. The van der Waals surface area contributed by atoms with E-state index >= 15 is 4.39 Å². The average Bonchev–Trinajstić information content (AvgIpc) is 3.09. The first-order chi connectivity index (χ1) is 18.8. The molecular formula is C31H36BF2NO5. The summed E-state index contributed by atoms with van der Waals surface area (Å²) in [5.74, 6) is -1.18. The Morgan fingerprint density at radius 2 is 1.55 bits per heavy atom. The summed E-state index contributed by atoms with van der Waals surface area (Å²) in [6.07, 6.45) is -0.908. The molecule has 212 valence electrons. The van der Waals surface area contributed by atoms with Crippen molar-refractivity contribution in [3.63, 3.8) is 0 Å². The van der Waals surface area contributed by atoms with Crippen molar-refractivity contribution in [2.75, 3.05) is 11.9 Å². The van der Waals surface area contributed by atoms with Gasteiger partial charge >= 0.3 is 13.2 Å². The molecule has 0 atom stereocenters. The monoisotopic (exact) mass is 551 g/mol. The maximum absolute atomic E-state index is 16.0. The number of anilines is 1. The maximum Gasteiger partial charge on any atom is 0.495 e. The van der Waals surface area contributed by atoms with E-state index in [0.717, 1.165) is 5.56 Å². The van der Waals surface area contributed by atoms with Crippen LogP contribution >= 0.6 is 0 Å². The van der Waals surface area contributed by atoms with Gasteiger partial charge < -0.3 is 18.8 Å². The van der Waals surface area contributed by atoms with Crippen molar-refractivity contribution in [3.05, 3.63) is 95.1 Å². The van der Waals surface area contributed by atoms with Crippen molar-refractivity contribution in [2.45, 2.75) is 71.4 Å². The number of ether oxygens (including phenoxy) is 2. The summed E-state index contributed by atoms with van der Waals surface area (Å²) in [6, 6.07) is 18.9. The number of carbonyl (C=O) groups is 1. The fourth-order valence-corrected chi connectivity index (χ4v) is 4.34. The van der Waals surface area contributed by atoms with Crippen LogP contribution in [0.25, 0.3) is 0 Å². The minimum Gasteiger partial charge on any atom is -0.441 e. The fraction of sp³-hybridized carbons (Fsp3) is 0.387. The highest BCUT2D eigenvalue weighted by atomic mass is 19.1. The Morgan fingerprint density at radius 1 is 0.925 bits per heavy atom. The number of rotatable bonds is 9. The van der Waals surface area contributed by atoms with Crippen LogP contribution in [-0.4, -0.2) is 36.6 Å². The predicted octanol–water partition coefficient (Wildman–Crippen LogP) is 6.40. The second-order valence-corrected chi connectivity index (χ2v) is 11.6. The zero-order valence-electron chi connectivity index (χ0n) is 23.8. The minimum absolute atomic E-state index is 0.0682. The zero-order chi connectivity index (χ0) is 29.1. The molecule has 1 aliphatic heterocycles. The molecule has 1 N–H and O–H groups in total. The zero-order valence-corrected chi connectivity index (χ0v) is 23.8. The standard InChI is InChI=1S/C31H36BF2NO5/c1-29(2,20-37-19-21-12-8-7-9-13-21)38-28(36)35-26-17-16-24(32-39-30(3,4)31(5,6)40-32)23(27(26)34)18-22-14-10-11-15-25(22)33/h7-17H,18-20H2,1-6H3,(H,35,36). The van der Waals surface area contributed by atoms with Gasteiger partial charge in [0, 0.05) is 6.42 Å². The van der Waals surface area contributed by atoms with E-state index in [4.69, 9.17) is 18.8 Å². The van der Waals surface area contributed by atoms with E-state index in [1.165, 1.54) is 12.1 Å². The summed E-state index contributed by atoms with van der Waals surface area (Å²) in [6.45, 7) is 11.5. The molecule has 1 fully saturated rings. The van der Waals surface area contributed by atoms with Gasteiger partial charge in [-0.15, -0.1) is 0 Å². The van der Waals surface area contributed by atoms with E-state index in [1.807, 2.05) is 58.0 Å². The molecule has 1 saturated heterocycles. The van der Waals surface area contributed by atoms with Crippen LogP contribution in [0.4, 0.5) is 19.3 Å². The molecule has 0 aromatic heterocycles. The summed E-state index contributed by atoms with van der Waals surface area (Å²) in [5, 5.41) is 2.50. The molecule has 9 heteroatoms. The van der Waals surface area contributed by atoms with Crippen LogP contribution < -0.4 is 10.8 Å². The Kier molecular flexibility index (Phi) is 8.68. The number of halogens is 2. The third kappa shape index (κ3) is 6.89. The smallest absolute Gasteiger partial charge is 0.441 e. The van der Waals surface area contributed by atoms with Crippen LogP contribution in [0, 0.1) is 11.6 Å². The first-order valence-electron chi connectivity index (χ1n) is 13.3. The van der Waals surface area contributed by atoms with E-state index in [1.54, 1.807) is 38.1 Å². The molecule has 6 nitrogen and oxygen atoms in total. The highest BCUT2D eigenvalue weighted by molar-refractivity contribution is 6.62. The summed E-state index contributed by atoms with van der Waals surface area (Å²) in [5.41, 5.74) is -0.507. The van der Waals surface area contributed by atoms with E-state index < -0.39 is 41.6 Å². The van der Waals surface area contributed by atoms with Crippen LogP contribution in [0.2, 0.25) is 0 Å². The average molecular weight is 551 g/mol. The fourth-order valence-electron chi connectivity index (χ4n) is 4.34. The van der Waals surface area contributed by atoms with Gasteiger partial charge in [-0.2, -0.15) is 0 Å². The molecule has 0 unspecified atom stereocenters. The Bertz CT molecular complexity index is 1330. The Balaban J connectivity index is 1.53. The molecule has 0 bridgehead atoms. The van der Waals surface area contributed by atoms with Crippen molar-refractivity contribution in [3.8, 4) is 0 Å². The first-order valence-corrected chi connectivity index (χ1v) is 13.3.